The number of aromatic nitrogens is 1. The predicted octanol–water partition coefficient (Wildman–Crippen LogP) is 2.89. The third-order valence-electron chi connectivity index (χ3n) is 3.12. The van der Waals surface area contributed by atoms with E-state index in [2.05, 4.69) is 10.3 Å². The van der Waals surface area contributed by atoms with Crippen molar-refractivity contribution in [3.05, 3.63) is 47.7 Å². The predicted molar refractivity (Wildman–Crippen MR) is 92.6 cm³/mol. The Bertz CT molecular complexity index is 712. The van der Waals surface area contributed by atoms with Crippen LogP contribution in [0.3, 0.4) is 0 Å². The Kier molecular flexibility index (Phi) is 6.20. The van der Waals surface area contributed by atoms with Crippen molar-refractivity contribution in [2.24, 2.45) is 0 Å². The molecule has 2 aromatic rings. The van der Waals surface area contributed by atoms with E-state index in [0.717, 1.165) is 22.9 Å². The fraction of sp³-hybridized carbons (Fsp3) is 0.235. The zero-order valence-corrected chi connectivity index (χ0v) is 14.2. The van der Waals surface area contributed by atoms with Crippen LogP contribution in [0.4, 0.5) is 5.69 Å². The van der Waals surface area contributed by atoms with Crippen molar-refractivity contribution in [1.29, 1.82) is 0 Å². The summed E-state index contributed by atoms with van der Waals surface area (Å²) in [5, 5.41) is 11.9. The molecule has 6 nitrogen and oxygen atoms in total. The maximum atomic E-state index is 12.0. The first-order valence-electron chi connectivity index (χ1n) is 7.25. The van der Waals surface area contributed by atoms with Crippen LogP contribution in [-0.2, 0) is 9.59 Å². The van der Waals surface area contributed by atoms with Crippen LogP contribution in [-0.4, -0.2) is 34.3 Å². The molecule has 2 rings (SSSR count). The van der Waals surface area contributed by atoms with Gasteiger partial charge in [0.15, 0.2) is 6.61 Å². The van der Waals surface area contributed by atoms with Gasteiger partial charge in [0.2, 0.25) is 0 Å². The van der Waals surface area contributed by atoms with Crippen molar-refractivity contribution < 1.29 is 19.4 Å². The lowest BCUT2D eigenvalue weighted by molar-refractivity contribution is -0.133. The maximum absolute atomic E-state index is 12.0. The number of ether oxygens (including phenoxy) is 1. The lowest BCUT2D eigenvalue weighted by Gasteiger charge is -2.12. The number of rotatable bonds is 7. The van der Waals surface area contributed by atoms with E-state index in [9.17, 15) is 9.59 Å². The summed E-state index contributed by atoms with van der Waals surface area (Å²) in [5.41, 5.74) is 2.48. The fourth-order valence-corrected chi connectivity index (χ4v) is 2.60. The lowest BCUT2D eigenvalue weighted by atomic mass is 10.1. The first-order chi connectivity index (χ1) is 11.5. The molecule has 0 saturated heterocycles. The number of pyridine rings is 1. The molecular formula is C17H18N2O4S. The van der Waals surface area contributed by atoms with Gasteiger partial charge in [-0.3, -0.25) is 9.59 Å². The molecule has 1 amide bonds. The van der Waals surface area contributed by atoms with E-state index >= 15 is 0 Å². The molecule has 0 aliphatic heterocycles. The number of aliphatic carboxylic acids is 1. The Morgan fingerprint density at radius 3 is 2.50 bits per heavy atom. The maximum Gasteiger partial charge on any atom is 0.313 e. The monoisotopic (exact) mass is 346 g/mol. The summed E-state index contributed by atoms with van der Waals surface area (Å²) in [7, 11) is 0. The fourth-order valence-electron chi connectivity index (χ4n) is 2.04. The molecule has 0 spiro atoms. The lowest BCUT2D eigenvalue weighted by Crippen LogP contribution is -2.20. The van der Waals surface area contributed by atoms with E-state index < -0.39 is 5.97 Å². The highest BCUT2D eigenvalue weighted by molar-refractivity contribution is 7.99. The van der Waals surface area contributed by atoms with E-state index in [-0.39, 0.29) is 18.3 Å². The van der Waals surface area contributed by atoms with Gasteiger partial charge >= 0.3 is 5.97 Å². The van der Waals surface area contributed by atoms with Gasteiger partial charge in [0.05, 0.1) is 22.7 Å². The molecule has 1 heterocycles. The number of benzene rings is 1. The third kappa shape index (κ3) is 5.27. The summed E-state index contributed by atoms with van der Waals surface area (Å²) >= 11 is 1.12. The number of para-hydroxylation sites is 1. The van der Waals surface area contributed by atoms with E-state index in [1.165, 1.54) is 6.20 Å². The molecule has 0 fully saturated rings. The molecule has 0 saturated carbocycles. The van der Waals surface area contributed by atoms with Gasteiger partial charge in [0, 0.05) is 0 Å². The molecule has 0 bridgehead atoms. The zero-order valence-electron chi connectivity index (χ0n) is 13.4. The molecule has 1 aromatic heterocycles. The van der Waals surface area contributed by atoms with E-state index in [4.69, 9.17) is 9.84 Å². The highest BCUT2D eigenvalue weighted by Crippen LogP contribution is 2.22. The Balaban J connectivity index is 1.87. The van der Waals surface area contributed by atoms with Crippen LogP contribution >= 0.6 is 11.8 Å². The number of carbonyl (C=O) groups excluding carboxylic acids is 1. The Morgan fingerprint density at radius 2 is 1.92 bits per heavy atom. The van der Waals surface area contributed by atoms with Crippen LogP contribution in [0.25, 0.3) is 0 Å². The Hall–Kier alpha value is -2.54. The first kappa shape index (κ1) is 17.8. The summed E-state index contributed by atoms with van der Waals surface area (Å²) in [6.45, 7) is 3.76. The molecule has 0 unspecified atom stereocenters. The molecular weight excluding hydrogens is 328 g/mol. The molecule has 0 atom stereocenters. The summed E-state index contributed by atoms with van der Waals surface area (Å²) in [4.78, 5) is 26.6. The number of anilines is 1. The standard InChI is InChI=1S/C17H18N2O4S/c1-11-4-3-5-12(2)17(11)23-9-14(20)19-13-6-7-15(18-8-13)24-10-16(21)22/h3-8H,9-10H2,1-2H3,(H,19,20)(H,21,22). The molecule has 7 heteroatoms. The Morgan fingerprint density at radius 1 is 1.21 bits per heavy atom. The van der Waals surface area contributed by atoms with Crippen LogP contribution in [0.1, 0.15) is 11.1 Å². The van der Waals surface area contributed by atoms with Crippen molar-refractivity contribution in [3.8, 4) is 5.75 Å². The normalized spacial score (nSPS) is 10.2. The first-order valence-corrected chi connectivity index (χ1v) is 8.24. The minimum atomic E-state index is -0.900. The molecule has 0 aliphatic rings. The summed E-state index contributed by atoms with van der Waals surface area (Å²) in [6.07, 6.45) is 1.49. The largest absolute Gasteiger partial charge is 0.483 e. The van der Waals surface area contributed by atoms with Gasteiger partial charge in [0.1, 0.15) is 5.75 Å². The number of nitrogens with one attached hydrogen (secondary N) is 1. The molecule has 0 radical (unpaired) electrons. The number of amides is 1. The highest BCUT2D eigenvalue weighted by atomic mass is 32.2. The number of carboxylic acid groups (broad SMARTS) is 1. The van der Waals surface area contributed by atoms with Gasteiger partial charge in [0.25, 0.3) is 5.91 Å². The van der Waals surface area contributed by atoms with Crippen LogP contribution in [0.15, 0.2) is 41.6 Å². The number of thioether (sulfide) groups is 1. The van der Waals surface area contributed by atoms with Crippen LogP contribution in [0, 0.1) is 13.8 Å². The van der Waals surface area contributed by atoms with Crippen molar-refractivity contribution in [1.82, 2.24) is 4.98 Å². The number of hydrogen-bond acceptors (Lipinski definition) is 5. The highest BCUT2D eigenvalue weighted by Gasteiger charge is 2.08. The minimum Gasteiger partial charge on any atom is -0.483 e. The van der Waals surface area contributed by atoms with Gasteiger partial charge in [-0.05, 0) is 37.1 Å². The minimum absolute atomic E-state index is 0.0533. The van der Waals surface area contributed by atoms with Crippen LogP contribution in [0.2, 0.25) is 0 Å². The van der Waals surface area contributed by atoms with Gasteiger partial charge in [-0.1, -0.05) is 30.0 Å². The number of nitrogens with zero attached hydrogens (tertiary/aromatic N) is 1. The second kappa shape index (κ2) is 8.35. The Labute approximate surface area is 144 Å². The molecule has 126 valence electrons. The van der Waals surface area contributed by atoms with Crippen molar-refractivity contribution in [2.45, 2.75) is 18.9 Å². The van der Waals surface area contributed by atoms with Gasteiger partial charge in [-0.2, -0.15) is 0 Å². The van der Waals surface area contributed by atoms with Gasteiger partial charge in [-0.15, -0.1) is 0 Å². The van der Waals surface area contributed by atoms with Crippen LogP contribution < -0.4 is 10.1 Å². The molecule has 1 aromatic carbocycles. The second-order valence-electron chi connectivity index (χ2n) is 5.13. The number of carboxylic acids is 1. The molecule has 0 aliphatic carbocycles. The molecule has 2 N–H and O–H groups in total. The number of carbonyl (C=O) groups is 2. The van der Waals surface area contributed by atoms with Gasteiger partial charge in [-0.25, -0.2) is 4.98 Å². The van der Waals surface area contributed by atoms with Crippen molar-refractivity contribution in [3.63, 3.8) is 0 Å². The third-order valence-corrected chi connectivity index (χ3v) is 4.05. The summed E-state index contributed by atoms with van der Waals surface area (Å²) < 4.78 is 5.59. The van der Waals surface area contributed by atoms with E-state index in [0.29, 0.717) is 16.5 Å². The summed E-state index contributed by atoms with van der Waals surface area (Å²) in [6, 6.07) is 9.13. The van der Waals surface area contributed by atoms with Crippen molar-refractivity contribution >= 4 is 29.3 Å². The van der Waals surface area contributed by atoms with E-state index in [1.54, 1.807) is 12.1 Å². The second-order valence-corrected chi connectivity index (χ2v) is 6.12. The van der Waals surface area contributed by atoms with Crippen LogP contribution in [0.5, 0.6) is 5.75 Å². The average Bonchev–Trinajstić information content (AvgIpc) is 2.53. The smallest absolute Gasteiger partial charge is 0.313 e. The van der Waals surface area contributed by atoms with Gasteiger partial charge < -0.3 is 15.2 Å². The summed E-state index contributed by atoms with van der Waals surface area (Å²) in [5.74, 6) is -0.526. The van der Waals surface area contributed by atoms with E-state index in [1.807, 2.05) is 32.0 Å². The topological polar surface area (TPSA) is 88.5 Å². The zero-order chi connectivity index (χ0) is 17.5. The average molecular weight is 346 g/mol. The van der Waals surface area contributed by atoms with Crippen molar-refractivity contribution in [2.75, 3.05) is 17.7 Å². The SMILES string of the molecule is Cc1cccc(C)c1OCC(=O)Nc1ccc(SCC(=O)O)nc1. The number of aryl methyl sites for hydroxylation is 2. The number of hydrogen-bond donors (Lipinski definition) is 2. The quantitative estimate of drug-likeness (QED) is 0.750. The molecule has 24 heavy (non-hydrogen) atoms.